The number of ether oxygens (including phenoxy) is 1. The van der Waals surface area contributed by atoms with Gasteiger partial charge in [-0.3, -0.25) is 5.43 Å². The maximum absolute atomic E-state index is 5.35. The third kappa shape index (κ3) is 4.18. The van der Waals surface area contributed by atoms with Crippen molar-refractivity contribution in [3.05, 3.63) is 28.7 Å². The first-order valence-corrected chi connectivity index (χ1v) is 5.58. The van der Waals surface area contributed by atoms with Gasteiger partial charge in [-0.25, -0.2) is 10.8 Å². The minimum atomic E-state index is 0.504. The zero-order valence-electron chi connectivity index (χ0n) is 9.03. The molecular formula is C10H15BrN4O. The molecule has 4 N–H and O–H groups in total. The van der Waals surface area contributed by atoms with Gasteiger partial charge in [-0.2, -0.15) is 0 Å². The van der Waals surface area contributed by atoms with E-state index in [2.05, 4.69) is 31.7 Å². The van der Waals surface area contributed by atoms with Crippen molar-refractivity contribution in [2.24, 2.45) is 10.8 Å². The topological polar surface area (TPSA) is 71.7 Å². The molecule has 88 valence electrons. The summed E-state index contributed by atoms with van der Waals surface area (Å²) in [7, 11) is 1.63. The number of methoxy groups -OCH3 is 1. The Bertz CT molecular complexity index is 356. The molecule has 0 aromatic heterocycles. The zero-order valence-corrected chi connectivity index (χ0v) is 10.6. The van der Waals surface area contributed by atoms with E-state index in [4.69, 9.17) is 10.6 Å². The summed E-state index contributed by atoms with van der Waals surface area (Å²) in [5, 5.41) is 3.07. The molecule has 0 radical (unpaired) electrons. The molecule has 0 aliphatic carbocycles. The number of aliphatic imine (C=N–C) groups is 1. The van der Waals surface area contributed by atoms with Crippen molar-refractivity contribution in [2.75, 3.05) is 25.6 Å². The number of anilines is 1. The van der Waals surface area contributed by atoms with E-state index < -0.39 is 0 Å². The first-order valence-electron chi connectivity index (χ1n) is 4.79. The third-order valence-electron chi connectivity index (χ3n) is 1.83. The van der Waals surface area contributed by atoms with Crippen molar-refractivity contribution in [1.29, 1.82) is 0 Å². The Morgan fingerprint density at radius 2 is 2.25 bits per heavy atom. The van der Waals surface area contributed by atoms with Crippen molar-refractivity contribution < 1.29 is 4.74 Å². The van der Waals surface area contributed by atoms with Gasteiger partial charge in [0, 0.05) is 11.6 Å². The van der Waals surface area contributed by atoms with E-state index in [1.165, 1.54) is 0 Å². The lowest BCUT2D eigenvalue weighted by molar-refractivity contribution is 0.208. The summed E-state index contributed by atoms with van der Waals surface area (Å²) >= 11 is 3.43. The van der Waals surface area contributed by atoms with Gasteiger partial charge in [-0.05, 0) is 28.1 Å². The van der Waals surface area contributed by atoms with Gasteiger partial charge in [0.1, 0.15) is 0 Å². The third-order valence-corrected chi connectivity index (χ3v) is 2.52. The lowest BCUT2D eigenvalue weighted by atomic mass is 10.3. The SMILES string of the molecule is COCCN=C(NN)Nc1ccccc1Br. The Balaban J connectivity index is 2.63. The van der Waals surface area contributed by atoms with Gasteiger partial charge in [-0.1, -0.05) is 12.1 Å². The molecule has 1 aromatic carbocycles. The molecule has 1 aromatic rings. The summed E-state index contributed by atoms with van der Waals surface area (Å²) in [4.78, 5) is 4.19. The van der Waals surface area contributed by atoms with Gasteiger partial charge in [-0.15, -0.1) is 0 Å². The molecular weight excluding hydrogens is 272 g/mol. The maximum atomic E-state index is 5.35. The van der Waals surface area contributed by atoms with Crippen molar-refractivity contribution in [1.82, 2.24) is 5.43 Å². The number of hydrazine groups is 1. The molecule has 0 saturated carbocycles. The molecule has 16 heavy (non-hydrogen) atoms. The van der Waals surface area contributed by atoms with Crippen LogP contribution in [0.3, 0.4) is 0 Å². The Morgan fingerprint density at radius 3 is 2.88 bits per heavy atom. The van der Waals surface area contributed by atoms with Crippen molar-refractivity contribution in [3.63, 3.8) is 0 Å². The molecule has 0 amide bonds. The van der Waals surface area contributed by atoms with Crippen molar-refractivity contribution in [2.45, 2.75) is 0 Å². The predicted molar refractivity (Wildman–Crippen MR) is 69.3 cm³/mol. The van der Waals surface area contributed by atoms with Gasteiger partial charge in [0.25, 0.3) is 0 Å². The van der Waals surface area contributed by atoms with Crippen LogP contribution in [0.2, 0.25) is 0 Å². The molecule has 0 heterocycles. The number of halogens is 1. The second kappa shape index (κ2) is 7.21. The molecule has 1 rings (SSSR count). The number of hydrogen-bond acceptors (Lipinski definition) is 3. The van der Waals surface area contributed by atoms with Crippen LogP contribution in [0.25, 0.3) is 0 Å². The quantitative estimate of drug-likeness (QED) is 0.257. The summed E-state index contributed by atoms with van der Waals surface area (Å²) in [6.07, 6.45) is 0. The Morgan fingerprint density at radius 1 is 1.50 bits per heavy atom. The van der Waals surface area contributed by atoms with E-state index in [0.717, 1.165) is 10.2 Å². The van der Waals surface area contributed by atoms with E-state index >= 15 is 0 Å². The highest BCUT2D eigenvalue weighted by Gasteiger charge is 2.00. The highest BCUT2D eigenvalue weighted by Crippen LogP contribution is 2.20. The maximum Gasteiger partial charge on any atom is 0.210 e. The van der Waals surface area contributed by atoms with Crippen LogP contribution in [0.4, 0.5) is 5.69 Å². The zero-order chi connectivity index (χ0) is 11.8. The monoisotopic (exact) mass is 286 g/mol. The largest absolute Gasteiger partial charge is 0.383 e. The molecule has 0 aliphatic heterocycles. The number of nitrogens with two attached hydrogens (primary N) is 1. The first kappa shape index (κ1) is 13.0. The number of hydrogen-bond donors (Lipinski definition) is 3. The lowest BCUT2D eigenvalue weighted by Crippen LogP contribution is -2.36. The summed E-state index contributed by atoms with van der Waals surface area (Å²) in [5.41, 5.74) is 3.40. The van der Waals surface area contributed by atoms with Crippen LogP contribution >= 0.6 is 15.9 Å². The second-order valence-electron chi connectivity index (χ2n) is 2.97. The highest BCUT2D eigenvalue weighted by molar-refractivity contribution is 9.10. The normalized spacial score (nSPS) is 11.3. The number of nitrogens with zero attached hydrogens (tertiary/aromatic N) is 1. The molecule has 0 unspecified atom stereocenters. The van der Waals surface area contributed by atoms with E-state index in [1.54, 1.807) is 7.11 Å². The lowest BCUT2D eigenvalue weighted by Gasteiger charge is -2.10. The number of rotatable bonds is 4. The van der Waals surface area contributed by atoms with Gasteiger partial charge < -0.3 is 10.1 Å². The van der Waals surface area contributed by atoms with Crippen LogP contribution in [0.1, 0.15) is 0 Å². The molecule has 0 spiro atoms. The molecule has 5 nitrogen and oxygen atoms in total. The fourth-order valence-corrected chi connectivity index (χ4v) is 1.44. The van der Waals surface area contributed by atoms with E-state index in [9.17, 15) is 0 Å². The summed E-state index contributed by atoms with van der Waals surface area (Å²) in [5.74, 6) is 5.86. The van der Waals surface area contributed by atoms with Crippen LogP contribution in [0, 0.1) is 0 Å². The molecule has 0 saturated heterocycles. The van der Waals surface area contributed by atoms with Crippen LogP contribution in [-0.2, 0) is 4.74 Å². The molecule has 0 aliphatic rings. The van der Waals surface area contributed by atoms with Gasteiger partial charge in [0.15, 0.2) is 0 Å². The number of guanidine groups is 1. The Hall–Kier alpha value is -1.11. The minimum Gasteiger partial charge on any atom is -0.383 e. The average molecular weight is 287 g/mol. The number of benzene rings is 1. The van der Waals surface area contributed by atoms with Crippen molar-refractivity contribution in [3.8, 4) is 0 Å². The second-order valence-corrected chi connectivity index (χ2v) is 3.83. The molecule has 0 fully saturated rings. The molecule has 6 heteroatoms. The van der Waals surface area contributed by atoms with E-state index in [0.29, 0.717) is 19.1 Å². The van der Waals surface area contributed by atoms with Crippen molar-refractivity contribution >= 4 is 27.6 Å². The van der Waals surface area contributed by atoms with Crippen LogP contribution in [-0.4, -0.2) is 26.2 Å². The Labute approximate surface area is 103 Å². The molecule has 0 atom stereocenters. The van der Waals surface area contributed by atoms with Crippen LogP contribution < -0.4 is 16.6 Å². The predicted octanol–water partition coefficient (Wildman–Crippen LogP) is 1.33. The fourth-order valence-electron chi connectivity index (χ4n) is 1.06. The van der Waals surface area contributed by atoms with E-state index in [1.807, 2.05) is 24.3 Å². The Kier molecular flexibility index (Phi) is 5.84. The highest BCUT2D eigenvalue weighted by atomic mass is 79.9. The standard InChI is InChI=1S/C10H15BrN4O/c1-16-7-6-13-10(15-12)14-9-5-3-2-4-8(9)11/h2-5H,6-7,12H2,1H3,(H2,13,14,15). The average Bonchev–Trinajstić information content (AvgIpc) is 2.30. The van der Waals surface area contributed by atoms with Gasteiger partial charge in [0.05, 0.1) is 18.8 Å². The number of para-hydroxylation sites is 1. The van der Waals surface area contributed by atoms with Gasteiger partial charge in [0.2, 0.25) is 5.96 Å². The van der Waals surface area contributed by atoms with Crippen LogP contribution in [0.5, 0.6) is 0 Å². The fraction of sp³-hybridized carbons (Fsp3) is 0.300. The minimum absolute atomic E-state index is 0.504. The molecule has 0 bridgehead atoms. The van der Waals surface area contributed by atoms with Crippen LogP contribution in [0.15, 0.2) is 33.7 Å². The number of nitrogens with one attached hydrogen (secondary N) is 2. The van der Waals surface area contributed by atoms with Gasteiger partial charge >= 0.3 is 0 Å². The first-order chi connectivity index (χ1) is 7.77. The van der Waals surface area contributed by atoms with E-state index in [-0.39, 0.29) is 0 Å². The summed E-state index contributed by atoms with van der Waals surface area (Å²) < 4.78 is 5.85. The smallest absolute Gasteiger partial charge is 0.210 e. The summed E-state index contributed by atoms with van der Waals surface area (Å²) in [6.45, 7) is 1.11. The summed E-state index contributed by atoms with van der Waals surface area (Å²) in [6, 6.07) is 7.72.